The molecule has 0 amide bonds. The van der Waals surface area contributed by atoms with Gasteiger partial charge in [-0.3, -0.25) is 7.74 Å². The van der Waals surface area contributed by atoms with Gasteiger partial charge in [0.25, 0.3) is 0 Å². The minimum absolute atomic E-state index is 0.0623. The number of halogens is 6. The molecule has 1 aliphatic heterocycles. The highest BCUT2D eigenvalue weighted by atomic mass is 32.2. The van der Waals surface area contributed by atoms with Crippen molar-refractivity contribution in [1.29, 1.82) is 0 Å². The van der Waals surface area contributed by atoms with Crippen molar-refractivity contribution in [1.82, 2.24) is 0 Å². The molecule has 15 heteroatoms. The Morgan fingerprint density at radius 3 is 1.29 bits per heavy atom. The molecule has 2 aromatic carbocycles. The van der Waals surface area contributed by atoms with E-state index in [0.29, 0.717) is 0 Å². The van der Waals surface area contributed by atoms with Crippen molar-refractivity contribution in [2.24, 2.45) is 0 Å². The van der Waals surface area contributed by atoms with Crippen LogP contribution >= 0.6 is 0 Å². The highest BCUT2D eigenvalue weighted by Gasteiger charge is 2.63. The third-order valence-corrected chi connectivity index (χ3v) is 11.6. The minimum atomic E-state index is -6.57. The average Bonchev–Trinajstić information content (AvgIpc) is 2.75. The first-order valence-electron chi connectivity index (χ1n) is 8.31. The molecule has 170 valence electrons. The zero-order valence-electron chi connectivity index (χ0n) is 15.1. The Balaban J connectivity index is 2.43. The Hall–Kier alpha value is -1.94. The lowest BCUT2D eigenvalue weighted by molar-refractivity contribution is -0.0527. The van der Waals surface area contributed by atoms with Crippen LogP contribution in [0, 0.1) is 0 Å². The molecule has 2 aromatic rings. The molecule has 0 spiro atoms. The predicted molar refractivity (Wildman–Crippen MR) is 97.4 cm³/mol. The maximum atomic E-state index is 13.2. The van der Waals surface area contributed by atoms with E-state index in [1.165, 1.54) is 36.4 Å². The van der Waals surface area contributed by atoms with Crippen LogP contribution in [-0.4, -0.2) is 36.4 Å². The van der Waals surface area contributed by atoms with Crippen molar-refractivity contribution in [3.05, 3.63) is 59.7 Å². The van der Waals surface area contributed by atoms with E-state index in [2.05, 4.69) is 7.74 Å². The lowest BCUT2D eigenvalue weighted by Gasteiger charge is -2.31. The van der Waals surface area contributed by atoms with Crippen LogP contribution in [0.3, 0.4) is 0 Å². The maximum Gasteiger partial charge on any atom is 0.522 e. The summed E-state index contributed by atoms with van der Waals surface area (Å²) >= 11 is 0. The van der Waals surface area contributed by atoms with Gasteiger partial charge in [-0.1, -0.05) is 48.5 Å². The molecular formula is C16H12F6O6S2Si. The van der Waals surface area contributed by atoms with Gasteiger partial charge in [0.2, 0.25) is 0 Å². The van der Waals surface area contributed by atoms with Gasteiger partial charge in [0.1, 0.15) is 0 Å². The number of benzene rings is 2. The molecule has 1 aliphatic rings. The summed E-state index contributed by atoms with van der Waals surface area (Å²) in [5, 5.41) is -0.971. The van der Waals surface area contributed by atoms with Crippen molar-refractivity contribution < 1.29 is 50.9 Å². The van der Waals surface area contributed by atoms with E-state index in [4.69, 9.17) is 0 Å². The standard InChI is InChI=1S/C16H12F6O6S2Si/c17-15(18,19)29(23,24)27-31(28-30(25,26)16(20,21)22)13-7-3-1-5-11(13)9-10-12-6-2-4-8-14(12)31/h1-8H,9-10H2. The predicted octanol–water partition coefficient (Wildman–Crippen LogP) is 2.07. The summed E-state index contributed by atoms with van der Waals surface area (Å²) in [6, 6.07) is 9.84. The van der Waals surface area contributed by atoms with Crippen LogP contribution in [0.2, 0.25) is 0 Å². The molecule has 0 unspecified atom stereocenters. The Bertz CT molecular complexity index is 1110. The van der Waals surface area contributed by atoms with E-state index in [1.54, 1.807) is 0 Å². The quantitative estimate of drug-likeness (QED) is 0.359. The van der Waals surface area contributed by atoms with Crippen LogP contribution in [0.15, 0.2) is 48.5 Å². The van der Waals surface area contributed by atoms with Crippen LogP contribution in [0.5, 0.6) is 0 Å². The van der Waals surface area contributed by atoms with E-state index >= 15 is 0 Å². The van der Waals surface area contributed by atoms with Crippen LogP contribution < -0.4 is 10.4 Å². The first kappa shape index (κ1) is 23.7. The number of alkyl halides is 6. The Morgan fingerprint density at radius 1 is 0.645 bits per heavy atom. The van der Waals surface area contributed by atoms with Crippen molar-refractivity contribution in [2.75, 3.05) is 0 Å². The van der Waals surface area contributed by atoms with E-state index in [-0.39, 0.29) is 24.0 Å². The SMILES string of the molecule is O=S(=O)(O[Si]1(OS(=O)(=O)C(F)(F)F)c2ccccc2CCc2ccccc21)C(F)(F)F. The Labute approximate surface area is 173 Å². The van der Waals surface area contributed by atoms with E-state index < -0.39 is 50.2 Å². The molecule has 0 bridgehead atoms. The minimum Gasteiger partial charge on any atom is -0.267 e. The number of rotatable bonds is 4. The second-order valence-corrected chi connectivity index (χ2v) is 12.8. The molecule has 31 heavy (non-hydrogen) atoms. The third-order valence-electron chi connectivity index (χ3n) is 4.43. The van der Waals surface area contributed by atoms with Gasteiger partial charge >= 0.3 is 39.8 Å². The Morgan fingerprint density at radius 2 is 0.968 bits per heavy atom. The molecule has 0 atom stereocenters. The van der Waals surface area contributed by atoms with Crippen molar-refractivity contribution in [2.45, 2.75) is 23.9 Å². The highest BCUT2D eigenvalue weighted by Crippen LogP contribution is 2.34. The van der Waals surface area contributed by atoms with Gasteiger partial charge in [-0.25, -0.2) is 0 Å². The zero-order chi connectivity index (χ0) is 23.3. The Kier molecular flexibility index (Phi) is 5.80. The second kappa shape index (κ2) is 7.58. The summed E-state index contributed by atoms with van der Waals surface area (Å²) in [4.78, 5) is 0. The van der Waals surface area contributed by atoms with E-state index in [0.717, 1.165) is 12.1 Å². The van der Waals surface area contributed by atoms with Gasteiger partial charge in [-0.05, 0) is 24.0 Å². The fourth-order valence-corrected chi connectivity index (χ4v) is 10.3. The molecule has 3 rings (SSSR count). The monoisotopic (exact) mass is 506 g/mol. The topological polar surface area (TPSA) is 86.7 Å². The van der Waals surface area contributed by atoms with Crippen molar-refractivity contribution >= 4 is 39.2 Å². The molecular weight excluding hydrogens is 494 g/mol. The molecule has 0 N–H and O–H groups in total. The zero-order valence-corrected chi connectivity index (χ0v) is 17.7. The summed E-state index contributed by atoms with van der Waals surface area (Å²) in [6.45, 7) is 0. The van der Waals surface area contributed by atoms with Gasteiger partial charge in [-0.2, -0.15) is 43.2 Å². The van der Waals surface area contributed by atoms with Gasteiger partial charge in [0, 0.05) is 10.4 Å². The number of fused-ring (bicyclic) bond motifs is 2. The molecule has 0 radical (unpaired) electrons. The fraction of sp³-hybridized carbons (Fsp3) is 0.250. The van der Waals surface area contributed by atoms with Crippen LogP contribution in [0.25, 0.3) is 0 Å². The summed E-state index contributed by atoms with van der Waals surface area (Å²) in [5.74, 6) is 0. The molecule has 1 heterocycles. The molecule has 0 saturated carbocycles. The summed E-state index contributed by atoms with van der Waals surface area (Å²) in [7, 11) is -18.8. The maximum absolute atomic E-state index is 13.2. The normalized spacial score (nSPS) is 16.8. The summed E-state index contributed by atoms with van der Waals surface area (Å²) in [6.07, 6.45) is 0.125. The van der Waals surface area contributed by atoms with E-state index in [9.17, 15) is 43.2 Å². The van der Waals surface area contributed by atoms with Gasteiger partial charge in [-0.15, -0.1) is 0 Å². The highest BCUT2D eigenvalue weighted by molar-refractivity contribution is 7.90. The second-order valence-electron chi connectivity index (χ2n) is 6.40. The first-order valence-corrected chi connectivity index (χ1v) is 12.9. The lowest BCUT2D eigenvalue weighted by Crippen LogP contribution is -2.67. The number of hydrogen-bond donors (Lipinski definition) is 0. The summed E-state index contributed by atoms with van der Waals surface area (Å²) in [5.41, 5.74) is -11.9. The summed E-state index contributed by atoms with van der Waals surface area (Å²) < 4.78 is 135. The molecule has 0 fully saturated rings. The van der Waals surface area contributed by atoms with Gasteiger partial charge in [0.05, 0.1) is 0 Å². The first-order chi connectivity index (χ1) is 14.1. The number of aryl methyl sites for hydroxylation is 2. The van der Waals surface area contributed by atoms with Crippen LogP contribution in [-0.2, 0) is 40.8 Å². The van der Waals surface area contributed by atoms with Crippen molar-refractivity contribution in [3.63, 3.8) is 0 Å². The number of hydrogen-bond acceptors (Lipinski definition) is 6. The molecule has 0 aromatic heterocycles. The largest absolute Gasteiger partial charge is 0.522 e. The van der Waals surface area contributed by atoms with Crippen LogP contribution in [0.4, 0.5) is 26.3 Å². The van der Waals surface area contributed by atoms with Gasteiger partial charge < -0.3 is 0 Å². The van der Waals surface area contributed by atoms with Gasteiger partial charge in [0.15, 0.2) is 0 Å². The smallest absolute Gasteiger partial charge is 0.267 e. The third kappa shape index (κ3) is 4.24. The van der Waals surface area contributed by atoms with E-state index in [1.807, 2.05) is 0 Å². The van der Waals surface area contributed by atoms with Crippen LogP contribution in [0.1, 0.15) is 11.1 Å². The fourth-order valence-electron chi connectivity index (χ4n) is 3.13. The molecule has 0 saturated heterocycles. The molecule has 6 nitrogen and oxygen atoms in total. The molecule has 0 aliphatic carbocycles. The average molecular weight is 506 g/mol. The van der Waals surface area contributed by atoms with Crippen molar-refractivity contribution in [3.8, 4) is 0 Å². The lowest BCUT2D eigenvalue weighted by atomic mass is 10.0.